The number of para-hydroxylation sites is 1. The van der Waals surface area contributed by atoms with Crippen LogP contribution in [-0.2, 0) is 0 Å². The van der Waals surface area contributed by atoms with Crippen molar-refractivity contribution in [2.45, 2.75) is 24.0 Å². The molecule has 5 nitrogen and oxygen atoms in total. The summed E-state index contributed by atoms with van der Waals surface area (Å²) in [6.07, 6.45) is 0. The minimum atomic E-state index is -0.259. The Hall–Kier alpha value is -2.31. The molecule has 132 valence electrons. The zero-order valence-corrected chi connectivity index (χ0v) is 15.2. The van der Waals surface area contributed by atoms with Gasteiger partial charge in [0.05, 0.1) is 11.3 Å². The molecule has 0 saturated heterocycles. The monoisotopic (exact) mass is 357 g/mol. The highest BCUT2D eigenvalue weighted by Crippen LogP contribution is 2.23. The number of hydrogen-bond donors (Lipinski definition) is 3. The Kier molecular flexibility index (Phi) is 7.03. The Morgan fingerprint density at radius 3 is 2.36 bits per heavy atom. The molecule has 2 aromatic carbocycles. The molecular formula is C19H23N3O2S. The van der Waals surface area contributed by atoms with Gasteiger partial charge in [-0.3, -0.25) is 9.59 Å². The fourth-order valence-electron chi connectivity index (χ4n) is 2.22. The van der Waals surface area contributed by atoms with E-state index in [1.54, 1.807) is 48.2 Å². The first-order valence-corrected chi connectivity index (χ1v) is 9.04. The van der Waals surface area contributed by atoms with E-state index in [9.17, 15) is 9.59 Å². The molecule has 2 rings (SSSR count). The number of nitrogens with two attached hydrogens (primary N) is 1. The highest BCUT2D eigenvalue weighted by Gasteiger charge is 2.13. The fraction of sp³-hybridized carbons (Fsp3) is 0.263. The van der Waals surface area contributed by atoms with E-state index >= 15 is 0 Å². The van der Waals surface area contributed by atoms with Crippen LogP contribution in [0.5, 0.6) is 0 Å². The number of amides is 2. The van der Waals surface area contributed by atoms with Gasteiger partial charge in [0, 0.05) is 28.8 Å². The van der Waals surface area contributed by atoms with Gasteiger partial charge in [0.25, 0.3) is 11.8 Å². The van der Waals surface area contributed by atoms with Gasteiger partial charge in [0.15, 0.2) is 0 Å². The summed E-state index contributed by atoms with van der Waals surface area (Å²) in [5.41, 5.74) is 6.84. The average Bonchev–Trinajstić information content (AvgIpc) is 2.60. The van der Waals surface area contributed by atoms with Crippen LogP contribution in [0.1, 0.15) is 34.6 Å². The normalized spacial score (nSPS) is 10.6. The van der Waals surface area contributed by atoms with E-state index in [0.717, 1.165) is 4.90 Å². The molecule has 0 aliphatic carbocycles. The zero-order valence-electron chi connectivity index (χ0n) is 14.4. The van der Waals surface area contributed by atoms with Gasteiger partial charge in [0.2, 0.25) is 0 Å². The molecule has 0 aliphatic rings. The van der Waals surface area contributed by atoms with Gasteiger partial charge in [-0.05, 0) is 36.4 Å². The standard InChI is InChI=1S/C19H23N3O2S/c1-13(2)25-15-9-7-14(8-10-15)18(23)22-17-6-4-3-5-16(17)19(24)21-12-11-20/h3-10,13H,11-12,20H2,1-2H3,(H,21,24)(H,22,23). The maximum Gasteiger partial charge on any atom is 0.255 e. The maximum atomic E-state index is 12.5. The molecule has 0 aromatic heterocycles. The van der Waals surface area contributed by atoms with E-state index in [2.05, 4.69) is 24.5 Å². The Morgan fingerprint density at radius 2 is 1.72 bits per heavy atom. The first kappa shape index (κ1) is 19.0. The molecular weight excluding hydrogens is 334 g/mol. The summed E-state index contributed by atoms with van der Waals surface area (Å²) in [7, 11) is 0. The Labute approximate surface area is 152 Å². The van der Waals surface area contributed by atoms with Crippen LogP contribution in [0.25, 0.3) is 0 Å². The number of hydrogen-bond acceptors (Lipinski definition) is 4. The first-order chi connectivity index (χ1) is 12.0. The van der Waals surface area contributed by atoms with Crippen LogP contribution < -0.4 is 16.4 Å². The van der Waals surface area contributed by atoms with Crippen molar-refractivity contribution < 1.29 is 9.59 Å². The molecule has 6 heteroatoms. The number of nitrogens with one attached hydrogen (secondary N) is 2. The third kappa shape index (κ3) is 5.62. The third-order valence-electron chi connectivity index (χ3n) is 3.34. The topological polar surface area (TPSA) is 84.2 Å². The molecule has 0 unspecified atom stereocenters. The lowest BCUT2D eigenvalue weighted by Crippen LogP contribution is -2.30. The summed E-state index contributed by atoms with van der Waals surface area (Å²) in [4.78, 5) is 25.8. The molecule has 0 aliphatic heterocycles. The van der Waals surface area contributed by atoms with Gasteiger partial charge in [-0.1, -0.05) is 26.0 Å². The second kappa shape index (κ2) is 9.25. The second-order valence-corrected chi connectivity index (χ2v) is 7.39. The molecule has 25 heavy (non-hydrogen) atoms. The molecule has 2 amide bonds. The number of rotatable bonds is 7. The molecule has 0 radical (unpaired) electrons. The Balaban J connectivity index is 2.11. The lowest BCUT2D eigenvalue weighted by Gasteiger charge is -2.11. The molecule has 4 N–H and O–H groups in total. The first-order valence-electron chi connectivity index (χ1n) is 8.16. The highest BCUT2D eigenvalue weighted by molar-refractivity contribution is 7.99. The quantitative estimate of drug-likeness (QED) is 0.665. The zero-order chi connectivity index (χ0) is 18.2. The van der Waals surface area contributed by atoms with Crippen LogP contribution >= 0.6 is 11.8 Å². The van der Waals surface area contributed by atoms with Crippen LogP contribution in [0.2, 0.25) is 0 Å². The van der Waals surface area contributed by atoms with Crippen molar-refractivity contribution in [2.24, 2.45) is 5.73 Å². The number of benzene rings is 2. The maximum absolute atomic E-state index is 12.5. The van der Waals surface area contributed by atoms with Crippen molar-refractivity contribution in [3.63, 3.8) is 0 Å². The van der Waals surface area contributed by atoms with Crippen LogP contribution in [0.3, 0.4) is 0 Å². The average molecular weight is 357 g/mol. The van der Waals surface area contributed by atoms with E-state index in [1.165, 1.54) is 0 Å². The second-order valence-electron chi connectivity index (χ2n) is 5.74. The van der Waals surface area contributed by atoms with Gasteiger partial charge < -0.3 is 16.4 Å². The third-order valence-corrected chi connectivity index (χ3v) is 4.35. The van der Waals surface area contributed by atoms with Gasteiger partial charge in [0.1, 0.15) is 0 Å². The summed E-state index contributed by atoms with van der Waals surface area (Å²) in [5, 5.41) is 6.00. The van der Waals surface area contributed by atoms with Crippen molar-refractivity contribution in [2.75, 3.05) is 18.4 Å². The summed E-state index contributed by atoms with van der Waals surface area (Å²) in [6, 6.07) is 14.3. The van der Waals surface area contributed by atoms with Gasteiger partial charge >= 0.3 is 0 Å². The smallest absolute Gasteiger partial charge is 0.255 e. The Morgan fingerprint density at radius 1 is 1.04 bits per heavy atom. The highest BCUT2D eigenvalue weighted by atomic mass is 32.2. The Bertz CT molecular complexity index is 730. The van der Waals surface area contributed by atoms with E-state index in [-0.39, 0.29) is 11.8 Å². The van der Waals surface area contributed by atoms with Crippen LogP contribution in [0.4, 0.5) is 5.69 Å². The summed E-state index contributed by atoms with van der Waals surface area (Å²) in [6.45, 7) is 4.99. The molecule has 0 saturated carbocycles. The number of thioether (sulfide) groups is 1. The molecule has 2 aromatic rings. The van der Waals surface area contributed by atoms with Crippen molar-refractivity contribution in [1.82, 2.24) is 5.32 Å². The fourth-order valence-corrected chi connectivity index (χ4v) is 3.06. The number of anilines is 1. The van der Waals surface area contributed by atoms with Crippen LogP contribution in [-0.4, -0.2) is 30.2 Å². The van der Waals surface area contributed by atoms with E-state index in [4.69, 9.17) is 5.73 Å². The predicted molar refractivity (Wildman–Crippen MR) is 103 cm³/mol. The van der Waals surface area contributed by atoms with Crippen LogP contribution in [0.15, 0.2) is 53.4 Å². The van der Waals surface area contributed by atoms with Gasteiger partial charge in [-0.25, -0.2) is 0 Å². The largest absolute Gasteiger partial charge is 0.351 e. The predicted octanol–water partition coefficient (Wildman–Crippen LogP) is 3.13. The minimum Gasteiger partial charge on any atom is -0.351 e. The summed E-state index contributed by atoms with van der Waals surface area (Å²) < 4.78 is 0. The van der Waals surface area contributed by atoms with Crippen molar-refractivity contribution in [3.8, 4) is 0 Å². The minimum absolute atomic E-state index is 0.250. The van der Waals surface area contributed by atoms with E-state index in [0.29, 0.717) is 35.2 Å². The van der Waals surface area contributed by atoms with Gasteiger partial charge in [-0.15, -0.1) is 11.8 Å². The lowest BCUT2D eigenvalue weighted by atomic mass is 10.1. The molecule has 0 atom stereocenters. The molecule has 0 bridgehead atoms. The molecule has 0 heterocycles. The molecule has 0 fully saturated rings. The number of carbonyl (C=O) groups excluding carboxylic acids is 2. The summed E-state index contributed by atoms with van der Waals surface area (Å²) >= 11 is 1.74. The van der Waals surface area contributed by atoms with Crippen molar-refractivity contribution in [3.05, 3.63) is 59.7 Å². The van der Waals surface area contributed by atoms with Crippen molar-refractivity contribution >= 4 is 29.3 Å². The van der Waals surface area contributed by atoms with Crippen molar-refractivity contribution in [1.29, 1.82) is 0 Å². The lowest BCUT2D eigenvalue weighted by molar-refractivity contribution is 0.0955. The van der Waals surface area contributed by atoms with Gasteiger partial charge in [-0.2, -0.15) is 0 Å². The van der Waals surface area contributed by atoms with E-state index < -0.39 is 0 Å². The summed E-state index contributed by atoms with van der Waals surface area (Å²) in [5.74, 6) is -0.509. The van der Waals surface area contributed by atoms with Crippen LogP contribution in [0, 0.1) is 0 Å². The van der Waals surface area contributed by atoms with E-state index in [1.807, 2.05) is 12.1 Å². The number of carbonyl (C=O) groups is 2. The SMILES string of the molecule is CC(C)Sc1ccc(C(=O)Nc2ccccc2C(=O)NCCN)cc1. The molecule has 0 spiro atoms.